The number of hydrogen-bond donors (Lipinski definition) is 2. The monoisotopic (exact) mass is 228 g/mol. The summed E-state index contributed by atoms with van der Waals surface area (Å²) in [6.07, 6.45) is 3.05. The molecule has 0 aromatic carbocycles. The van der Waals surface area contributed by atoms with Gasteiger partial charge in [-0.25, -0.2) is 0 Å². The molecule has 1 aliphatic carbocycles. The zero-order chi connectivity index (χ0) is 12.2. The molecule has 16 heavy (non-hydrogen) atoms. The summed E-state index contributed by atoms with van der Waals surface area (Å²) in [5.74, 6) is -0.380. The standard InChI is InChI=1S/C12H24N2O2/c1-4-8-13-12(11(15)16,10-6-7-10)9-14(3)5-2/h10,13H,4-9H2,1-3H3,(H,15,16). The van der Waals surface area contributed by atoms with E-state index < -0.39 is 11.5 Å². The largest absolute Gasteiger partial charge is 0.480 e. The van der Waals surface area contributed by atoms with Gasteiger partial charge in [-0.2, -0.15) is 0 Å². The van der Waals surface area contributed by atoms with Crippen molar-refractivity contribution in [1.29, 1.82) is 0 Å². The van der Waals surface area contributed by atoms with Crippen molar-refractivity contribution in [2.24, 2.45) is 5.92 Å². The Bertz CT molecular complexity index is 241. The molecule has 0 spiro atoms. The fourth-order valence-electron chi connectivity index (χ4n) is 2.11. The molecule has 2 N–H and O–H groups in total. The number of aliphatic carboxylic acids is 1. The summed E-state index contributed by atoms with van der Waals surface area (Å²) >= 11 is 0. The molecule has 0 bridgehead atoms. The lowest BCUT2D eigenvalue weighted by Crippen LogP contribution is -2.60. The van der Waals surface area contributed by atoms with Gasteiger partial charge in [0.2, 0.25) is 0 Å². The first-order chi connectivity index (χ1) is 7.56. The van der Waals surface area contributed by atoms with Crippen molar-refractivity contribution in [3.05, 3.63) is 0 Å². The maximum atomic E-state index is 11.6. The van der Waals surface area contributed by atoms with E-state index in [0.29, 0.717) is 12.5 Å². The molecule has 1 aliphatic rings. The van der Waals surface area contributed by atoms with Crippen molar-refractivity contribution in [1.82, 2.24) is 10.2 Å². The predicted octanol–water partition coefficient (Wildman–Crippen LogP) is 1.17. The maximum Gasteiger partial charge on any atom is 0.325 e. The summed E-state index contributed by atoms with van der Waals surface area (Å²) in [7, 11) is 1.98. The molecule has 4 nitrogen and oxygen atoms in total. The van der Waals surface area contributed by atoms with Crippen LogP contribution in [0.15, 0.2) is 0 Å². The van der Waals surface area contributed by atoms with E-state index in [1.165, 1.54) is 0 Å². The third kappa shape index (κ3) is 2.95. The molecule has 0 radical (unpaired) electrons. The van der Waals surface area contributed by atoms with E-state index in [0.717, 1.165) is 32.4 Å². The number of nitrogens with one attached hydrogen (secondary N) is 1. The topological polar surface area (TPSA) is 52.6 Å². The lowest BCUT2D eigenvalue weighted by molar-refractivity contribution is -0.146. The summed E-state index contributed by atoms with van der Waals surface area (Å²) in [5, 5.41) is 12.8. The van der Waals surface area contributed by atoms with Crippen molar-refractivity contribution in [2.75, 3.05) is 26.7 Å². The van der Waals surface area contributed by atoms with Crippen molar-refractivity contribution in [3.8, 4) is 0 Å². The summed E-state index contributed by atoms with van der Waals surface area (Å²) in [6.45, 7) is 6.38. The van der Waals surface area contributed by atoms with Crippen LogP contribution in [0.25, 0.3) is 0 Å². The third-order valence-electron chi connectivity index (χ3n) is 3.41. The van der Waals surface area contributed by atoms with Crippen molar-refractivity contribution in [2.45, 2.75) is 38.6 Å². The Kier molecular flexibility index (Phi) is 4.74. The summed E-state index contributed by atoms with van der Waals surface area (Å²) in [4.78, 5) is 13.6. The second-order valence-corrected chi connectivity index (χ2v) is 4.81. The Morgan fingerprint density at radius 2 is 2.12 bits per heavy atom. The van der Waals surface area contributed by atoms with Crippen LogP contribution < -0.4 is 5.32 Å². The van der Waals surface area contributed by atoms with Gasteiger partial charge in [0, 0.05) is 6.54 Å². The van der Waals surface area contributed by atoms with Gasteiger partial charge < -0.3 is 15.3 Å². The number of rotatable bonds is 8. The Labute approximate surface area is 98.0 Å². The molecule has 4 heteroatoms. The van der Waals surface area contributed by atoms with E-state index >= 15 is 0 Å². The van der Waals surface area contributed by atoms with Crippen molar-refractivity contribution >= 4 is 5.97 Å². The highest BCUT2D eigenvalue weighted by molar-refractivity contribution is 5.80. The maximum absolute atomic E-state index is 11.6. The summed E-state index contributed by atoms with van der Waals surface area (Å²) < 4.78 is 0. The highest BCUT2D eigenvalue weighted by atomic mass is 16.4. The first-order valence-electron chi connectivity index (χ1n) is 6.23. The van der Waals surface area contributed by atoms with Gasteiger partial charge in [0.15, 0.2) is 0 Å². The summed E-state index contributed by atoms with van der Waals surface area (Å²) in [6, 6.07) is 0. The summed E-state index contributed by atoms with van der Waals surface area (Å²) in [5.41, 5.74) is -0.721. The molecular formula is C12H24N2O2. The second-order valence-electron chi connectivity index (χ2n) is 4.81. The third-order valence-corrected chi connectivity index (χ3v) is 3.41. The van der Waals surface area contributed by atoms with Gasteiger partial charge in [0.1, 0.15) is 5.54 Å². The van der Waals surface area contributed by atoms with E-state index in [1.54, 1.807) is 0 Å². The highest BCUT2D eigenvalue weighted by Crippen LogP contribution is 2.40. The number of nitrogens with zero attached hydrogens (tertiary/aromatic N) is 1. The number of carbonyl (C=O) groups is 1. The average Bonchev–Trinajstić information content (AvgIpc) is 3.07. The van der Waals surface area contributed by atoms with Crippen LogP contribution in [0.5, 0.6) is 0 Å². The van der Waals surface area contributed by atoms with Crippen molar-refractivity contribution < 1.29 is 9.90 Å². The fourth-order valence-corrected chi connectivity index (χ4v) is 2.11. The normalized spacial score (nSPS) is 19.8. The van der Waals surface area contributed by atoms with E-state index in [1.807, 2.05) is 7.05 Å². The lowest BCUT2D eigenvalue weighted by atomic mass is 9.92. The molecule has 1 rings (SSSR count). The number of carboxylic acid groups (broad SMARTS) is 1. The van der Waals surface area contributed by atoms with Gasteiger partial charge in [0.05, 0.1) is 0 Å². The van der Waals surface area contributed by atoms with Crippen LogP contribution in [0, 0.1) is 5.92 Å². The molecular weight excluding hydrogens is 204 g/mol. The van der Waals surface area contributed by atoms with Crippen LogP contribution in [-0.4, -0.2) is 48.2 Å². The molecule has 1 unspecified atom stereocenters. The van der Waals surface area contributed by atoms with Crippen LogP contribution in [-0.2, 0) is 4.79 Å². The number of carboxylic acids is 1. The van der Waals surface area contributed by atoms with E-state index in [9.17, 15) is 9.90 Å². The zero-order valence-corrected chi connectivity index (χ0v) is 10.6. The van der Waals surface area contributed by atoms with E-state index in [2.05, 4.69) is 24.1 Å². The van der Waals surface area contributed by atoms with Gasteiger partial charge in [0.25, 0.3) is 0 Å². The van der Waals surface area contributed by atoms with Gasteiger partial charge in [-0.15, -0.1) is 0 Å². The molecule has 1 atom stereocenters. The Morgan fingerprint density at radius 1 is 1.50 bits per heavy atom. The fraction of sp³-hybridized carbons (Fsp3) is 0.917. The molecule has 0 aromatic heterocycles. The molecule has 0 aromatic rings. The minimum atomic E-state index is -0.721. The minimum absolute atomic E-state index is 0.311. The second kappa shape index (κ2) is 5.64. The van der Waals surface area contributed by atoms with Crippen LogP contribution in [0.2, 0.25) is 0 Å². The molecule has 0 aliphatic heterocycles. The Hall–Kier alpha value is -0.610. The first kappa shape index (κ1) is 13.5. The van der Waals surface area contributed by atoms with E-state index in [4.69, 9.17) is 0 Å². The Balaban J connectivity index is 2.74. The SMILES string of the molecule is CCCNC(CN(C)CC)(C(=O)O)C1CC1. The van der Waals surface area contributed by atoms with Gasteiger partial charge >= 0.3 is 5.97 Å². The molecule has 1 fully saturated rings. The lowest BCUT2D eigenvalue weighted by Gasteiger charge is -2.34. The molecule has 0 saturated heterocycles. The van der Waals surface area contributed by atoms with Gasteiger partial charge in [-0.1, -0.05) is 13.8 Å². The smallest absolute Gasteiger partial charge is 0.325 e. The average molecular weight is 228 g/mol. The zero-order valence-electron chi connectivity index (χ0n) is 10.6. The number of likely N-dealkylation sites (N-methyl/N-ethyl adjacent to an activating group) is 1. The minimum Gasteiger partial charge on any atom is -0.480 e. The van der Waals surface area contributed by atoms with Crippen LogP contribution in [0.3, 0.4) is 0 Å². The van der Waals surface area contributed by atoms with Crippen molar-refractivity contribution in [3.63, 3.8) is 0 Å². The molecule has 0 heterocycles. The molecule has 94 valence electrons. The molecule has 0 amide bonds. The van der Waals surface area contributed by atoms with Crippen LogP contribution >= 0.6 is 0 Å². The van der Waals surface area contributed by atoms with Gasteiger partial charge in [-0.3, -0.25) is 4.79 Å². The quantitative estimate of drug-likeness (QED) is 0.655. The van der Waals surface area contributed by atoms with Crippen LogP contribution in [0.4, 0.5) is 0 Å². The Morgan fingerprint density at radius 3 is 2.50 bits per heavy atom. The van der Waals surface area contributed by atoms with E-state index in [-0.39, 0.29) is 0 Å². The van der Waals surface area contributed by atoms with Crippen LogP contribution in [0.1, 0.15) is 33.1 Å². The first-order valence-corrected chi connectivity index (χ1v) is 6.23. The molecule has 1 saturated carbocycles. The predicted molar refractivity (Wildman–Crippen MR) is 64.6 cm³/mol. The number of hydrogen-bond acceptors (Lipinski definition) is 3. The highest BCUT2D eigenvalue weighted by Gasteiger charge is 2.51. The van der Waals surface area contributed by atoms with Gasteiger partial charge in [-0.05, 0) is 45.3 Å².